The Labute approximate surface area is 503 Å². The van der Waals surface area contributed by atoms with Crippen molar-refractivity contribution >= 4 is 68.4 Å². The summed E-state index contributed by atoms with van der Waals surface area (Å²) in [6.07, 6.45) is 6.42. The number of methoxy groups -OCH3 is 2. The van der Waals surface area contributed by atoms with E-state index in [1.807, 2.05) is 119 Å². The summed E-state index contributed by atoms with van der Waals surface area (Å²) < 4.78 is 38.6. The molecule has 88 heavy (non-hydrogen) atoms. The van der Waals surface area contributed by atoms with Crippen molar-refractivity contribution in [2.45, 2.75) is 12.1 Å². The van der Waals surface area contributed by atoms with Gasteiger partial charge in [0.1, 0.15) is 24.7 Å². The highest BCUT2D eigenvalue weighted by Crippen LogP contribution is 2.33. The number of aromatic nitrogens is 12. The topological polar surface area (TPSA) is 284 Å². The van der Waals surface area contributed by atoms with Crippen LogP contribution in [0.15, 0.2) is 167 Å². The number of rotatable bonds is 18. The third-order valence-corrected chi connectivity index (χ3v) is 15.5. The van der Waals surface area contributed by atoms with Crippen molar-refractivity contribution in [1.29, 1.82) is 0 Å². The maximum Gasteiger partial charge on any atom is 0.252 e. The van der Waals surface area contributed by atoms with E-state index < -0.39 is 12.1 Å². The van der Waals surface area contributed by atoms with Crippen molar-refractivity contribution in [1.82, 2.24) is 68.5 Å². The second-order valence-electron chi connectivity index (χ2n) is 20.8. The van der Waals surface area contributed by atoms with E-state index in [-0.39, 0.29) is 23.7 Å². The molecule has 0 unspecified atom stereocenters. The molecule has 8 aromatic heterocycles. The molecule has 26 heteroatoms. The zero-order valence-electron chi connectivity index (χ0n) is 48.2. The molecule has 2 aliphatic rings. The first-order valence-corrected chi connectivity index (χ1v) is 28.7. The Bertz CT molecular complexity index is 4030. The van der Waals surface area contributed by atoms with Crippen LogP contribution in [0.1, 0.15) is 23.2 Å². The van der Waals surface area contributed by atoms with E-state index >= 15 is 0 Å². The van der Waals surface area contributed by atoms with Crippen LogP contribution in [0, 0.1) is 0 Å². The summed E-state index contributed by atoms with van der Waals surface area (Å²) in [5.41, 5.74) is 18.3. The van der Waals surface area contributed by atoms with Gasteiger partial charge in [0.25, 0.3) is 11.8 Å². The monoisotopic (exact) mass is 1190 g/mol. The number of carbonyl (C=O) groups is 2. The molecule has 2 fully saturated rings. The summed E-state index contributed by atoms with van der Waals surface area (Å²) in [7, 11) is 3.30. The molecule has 2 saturated heterocycles. The molecule has 4 aromatic carbocycles. The Morgan fingerprint density at radius 3 is 1.24 bits per heavy atom. The molecule has 2 atom stereocenters. The third kappa shape index (κ3) is 11.3. The van der Waals surface area contributed by atoms with Crippen LogP contribution in [0.4, 0.5) is 23.3 Å². The van der Waals surface area contributed by atoms with E-state index in [4.69, 9.17) is 39.2 Å². The Morgan fingerprint density at radius 2 is 0.875 bits per heavy atom. The van der Waals surface area contributed by atoms with Crippen LogP contribution in [0.2, 0.25) is 0 Å². The fourth-order valence-corrected chi connectivity index (χ4v) is 11.0. The van der Waals surface area contributed by atoms with Gasteiger partial charge in [-0.3, -0.25) is 9.59 Å². The molecule has 0 bridgehead atoms. The second kappa shape index (κ2) is 25.0. The van der Waals surface area contributed by atoms with Crippen molar-refractivity contribution < 1.29 is 37.4 Å². The number of ether oxygens (including phenoxy) is 4. The SMILES string of the molecule is COCCOc1ccc(N2CCN(C(=O)[C@@H](c3ccccc3)n3ncc4c3nc(N)n3nc(-c5ccco5)nc43)CC2)cc1.COCCOc1ccc(N2CCN(C(=O)[C@H](c3ccccc3)n3ncc4c3nc(N)n3nc(-c5ccco5)nc43)CC2)cc1. The Hall–Kier alpha value is -10.9. The van der Waals surface area contributed by atoms with Crippen molar-refractivity contribution in [3.8, 4) is 34.7 Å². The molecule has 448 valence electrons. The van der Waals surface area contributed by atoms with Gasteiger partial charge < -0.3 is 58.8 Å². The minimum Gasteiger partial charge on any atom is -0.491 e. The van der Waals surface area contributed by atoms with E-state index in [1.165, 1.54) is 9.03 Å². The predicted molar refractivity (Wildman–Crippen MR) is 327 cm³/mol. The lowest BCUT2D eigenvalue weighted by Crippen LogP contribution is -2.51. The van der Waals surface area contributed by atoms with E-state index in [9.17, 15) is 9.59 Å². The molecule has 10 heterocycles. The van der Waals surface area contributed by atoms with E-state index in [0.29, 0.717) is 135 Å². The van der Waals surface area contributed by atoms with Gasteiger partial charge in [-0.05, 0) is 83.9 Å². The number of piperazine rings is 2. The Kier molecular flexibility index (Phi) is 16.0. The van der Waals surface area contributed by atoms with Crippen LogP contribution in [-0.4, -0.2) is 173 Å². The maximum atomic E-state index is 14.3. The van der Waals surface area contributed by atoms with Crippen LogP contribution in [0.25, 0.3) is 56.5 Å². The number of nitrogens with zero attached hydrogens (tertiary/aromatic N) is 16. The number of hydrogen-bond donors (Lipinski definition) is 2. The zero-order valence-corrected chi connectivity index (χ0v) is 48.2. The van der Waals surface area contributed by atoms with Gasteiger partial charge in [0.05, 0.1) is 48.9 Å². The lowest BCUT2D eigenvalue weighted by atomic mass is 10.0. The van der Waals surface area contributed by atoms with Crippen LogP contribution in [0.3, 0.4) is 0 Å². The molecule has 12 aromatic rings. The molecule has 0 spiro atoms. The largest absolute Gasteiger partial charge is 0.491 e. The number of hydrogen-bond acceptors (Lipinski definition) is 20. The summed E-state index contributed by atoms with van der Waals surface area (Å²) in [4.78, 5) is 55.4. The van der Waals surface area contributed by atoms with Crippen molar-refractivity contribution in [3.05, 3.63) is 170 Å². The molecule has 2 aliphatic heterocycles. The highest BCUT2D eigenvalue weighted by atomic mass is 16.5. The van der Waals surface area contributed by atoms with Crippen LogP contribution >= 0.6 is 0 Å². The molecule has 2 amide bonds. The van der Waals surface area contributed by atoms with E-state index in [2.05, 4.69) is 50.1 Å². The molecule has 26 nitrogen and oxygen atoms in total. The first-order valence-electron chi connectivity index (χ1n) is 28.7. The van der Waals surface area contributed by atoms with Crippen LogP contribution < -0.4 is 30.7 Å². The van der Waals surface area contributed by atoms with E-state index in [0.717, 1.165) is 34.0 Å². The van der Waals surface area contributed by atoms with Gasteiger partial charge >= 0.3 is 0 Å². The molecule has 14 rings (SSSR count). The number of nitrogens with two attached hydrogens (primary N) is 2. The van der Waals surface area contributed by atoms with Crippen LogP contribution in [-0.2, 0) is 19.1 Å². The predicted octanol–water partition coefficient (Wildman–Crippen LogP) is 6.56. The number of furan rings is 2. The number of carbonyl (C=O) groups excluding carboxylic acids is 2. The fourth-order valence-electron chi connectivity index (χ4n) is 11.0. The van der Waals surface area contributed by atoms with Gasteiger partial charge in [0, 0.05) is 78.0 Å². The molecule has 4 N–H and O–H groups in total. The fraction of sp³-hybridized carbons (Fsp3) is 0.258. The zero-order chi connectivity index (χ0) is 60.1. The molecule has 0 saturated carbocycles. The normalized spacial score (nSPS) is 14.4. The number of fused-ring (bicyclic) bond motifs is 6. The molecular weight excluding hydrogens is 1120 g/mol. The summed E-state index contributed by atoms with van der Waals surface area (Å²) in [6.45, 7) is 7.09. The van der Waals surface area contributed by atoms with Gasteiger partial charge in [-0.2, -0.15) is 29.2 Å². The van der Waals surface area contributed by atoms with Crippen molar-refractivity contribution in [2.24, 2.45) is 0 Å². The summed E-state index contributed by atoms with van der Waals surface area (Å²) in [5, 5.41) is 19.5. The maximum absolute atomic E-state index is 14.3. The minimum absolute atomic E-state index is 0.0688. The highest BCUT2D eigenvalue weighted by molar-refractivity contribution is 5.94. The Morgan fingerprint density at radius 1 is 0.477 bits per heavy atom. The lowest BCUT2D eigenvalue weighted by molar-refractivity contribution is -0.134. The Balaban J connectivity index is 0.000000162. The first-order chi connectivity index (χ1) is 43.2. The second-order valence-corrected chi connectivity index (χ2v) is 20.8. The number of benzene rings is 4. The highest BCUT2D eigenvalue weighted by Gasteiger charge is 2.35. The number of amides is 2. The van der Waals surface area contributed by atoms with Gasteiger partial charge in [-0.25, -0.2) is 19.3 Å². The number of nitrogen functional groups attached to an aromatic ring is 2. The quantitative estimate of drug-likeness (QED) is 0.0860. The standard InChI is InChI=1S/2C31H31N9O4/c2*1-42-18-19-43-23-11-9-22(10-12-23)37-13-15-38(16-14-37)30(41)26(21-6-3-2-4-7-21)39-29-24(20-33-39)28-34-27(25-8-5-17-44-25)36-40(28)31(32)35-29/h2*2-12,17,20,26H,13-16,18-19H2,1H3,(H2,32,35)/t2*26-/m10/s1. The number of anilines is 4. The van der Waals surface area contributed by atoms with Crippen molar-refractivity contribution in [3.63, 3.8) is 0 Å². The van der Waals surface area contributed by atoms with Gasteiger partial charge in [0.15, 0.2) is 46.2 Å². The van der Waals surface area contributed by atoms with Gasteiger partial charge in [-0.15, -0.1) is 10.2 Å². The van der Waals surface area contributed by atoms with E-state index in [1.54, 1.807) is 72.8 Å². The van der Waals surface area contributed by atoms with Gasteiger partial charge in [-0.1, -0.05) is 60.7 Å². The van der Waals surface area contributed by atoms with Crippen LogP contribution in [0.5, 0.6) is 11.5 Å². The summed E-state index contributed by atoms with van der Waals surface area (Å²) >= 11 is 0. The first kappa shape index (κ1) is 56.3. The average Bonchev–Trinajstić information content (AvgIpc) is 3.75. The molecule has 0 aliphatic carbocycles. The molecular formula is C62H62N18O8. The minimum atomic E-state index is -0.745. The smallest absolute Gasteiger partial charge is 0.252 e. The molecule has 0 radical (unpaired) electrons. The summed E-state index contributed by atoms with van der Waals surface area (Å²) in [6, 6.07) is 40.8. The lowest BCUT2D eigenvalue weighted by Gasteiger charge is -2.37. The van der Waals surface area contributed by atoms with Crippen molar-refractivity contribution in [2.75, 3.05) is 114 Å². The third-order valence-electron chi connectivity index (χ3n) is 15.5. The van der Waals surface area contributed by atoms with Gasteiger partial charge in [0.2, 0.25) is 23.5 Å². The average molecular weight is 1190 g/mol. The summed E-state index contributed by atoms with van der Waals surface area (Å²) in [5.74, 6) is 3.49.